The molecule has 4 amide bonds. The number of carbonyl (C=O) groups is 4. The Balaban J connectivity index is 3.92. The first-order valence-corrected chi connectivity index (χ1v) is 5.74. The van der Waals surface area contributed by atoms with Gasteiger partial charge in [-0.25, -0.2) is 9.59 Å². The predicted octanol–water partition coefficient (Wildman–Crippen LogP) is -2.49. The van der Waals surface area contributed by atoms with Gasteiger partial charge in [0.15, 0.2) is 0 Å². The summed E-state index contributed by atoms with van der Waals surface area (Å²) in [5.74, 6) is -2.56. The number of aliphatic carboxylic acids is 1. The fourth-order valence-electron chi connectivity index (χ4n) is 1.16. The van der Waals surface area contributed by atoms with Gasteiger partial charge < -0.3 is 31.9 Å². The smallest absolute Gasteiger partial charge is 0.326 e. The zero-order valence-electron chi connectivity index (χ0n) is 10.8. The molecule has 20 heavy (non-hydrogen) atoms. The van der Waals surface area contributed by atoms with Crippen molar-refractivity contribution in [2.75, 3.05) is 19.8 Å². The molecule has 0 fully saturated rings. The van der Waals surface area contributed by atoms with Gasteiger partial charge in [0.1, 0.15) is 12.6 Å². The standard InChI is InChI=1S/C10H18N4O6/c11-7(15)2-1-6(9(17)18)14-10(19)13-3-4-20-5-8(12)16/h6H,1-5H2,(H2,11,15)(H2,12,16)(H,17,18)(H2,13,14,19)/t6-/m1/s1. The van der Waals surface area contributed by atoms with Crippen molar-refractivity contribution in [2.45, 2.75) is 18.9 Å². The highest BCUT2D eigenvalue weighted by atomic mass is 16.5. The molecule has 7 N–H and O–H groups in total. The van der Waals surface area contributed by atoms with Crippen molar-refractivity contribution in [3.63, 3.8) is 0 Å². The van der Waals surface area contributed by atoms with Gasteiger partial charge in [-0.15, -0.1) is 0 Å². The number of nitrogens with two attached hydrogens (primary N) is 2. The van der Waals surface area contributed by atoms with Gasteiger partial charge in [-0.2, -0.15) is 0 Å². The summed E-state index contributed by atoms with van der Waals surface area (Å²) in [6.07, 6.45) is -0.255. The van der Waals surface area contributed by atoms with Gasteiger partial charge in [0.25, 0.3) is 0 Å². The van der Waals surface area contributed by atoms with Gasteiger partial charge in [-0.1, -0.05) is 0 Å². The lowest BCUT2D eigenvalue weighted by Gasteiger charge is -2.14. The molecule has 0 aromatic heterocycles. The third kappa shape index (κ3) is 9.65. The molecule has 0 heterocycles. The van der Waals surface area contributed by atoms with E-state index in [-0.39, 0.29) is 32.6 Å². The number of amides is 4. The molecule has 0 spiro atoms. The monoisotopic (exact) mass is 290 g/mol. The van der Waals surface area contributed by atoms with E-state index in [1.165, 1.54) is 0 Å². The molecular formula is C10H18N4O6. The first-order chi connectivity index (χ1) is 9.32. The molecule has 0 aromatic carbocycles. The summed E-state index contributed by atoms with van der Waals surface area (Å²) in [5, 5.41) is 13.3. The SMILES string of the molecule is NC(=O)CC[C@@H](NC(=O)NCCOCC(N)=O)C(=O)O. The summed E-state index contributed by atoms with van der Waals surface area (Å²) < 4.78 is 4.78. The average Bonchev–Trinajstić information content (AvgIpc) is 2.32. The summed E-state index contributed by atoms with van der Waals surface area (Å²) in [5.41, 5.74) is 9.72. The quantitative estimate of drug-likeness (QED) is 0.278. The van der Waals surface area contributed by atoms with Crippen LogP contribution in [0, 0.1) is 0 Å². The summed E-state index contributed by atoms with van der Waals surface area (Å²) in [6.45, 7) is -0.143. The lowest BCUT2D eigenvalue weighted by Crippen LogP contribution is -2.47. The number of ether oxygens (including phenoxy) is 1. The summed E-state index contributed by atoms with van der Waals surface area (Å²) in [4.78, 5) is 43.1. The maximum atomic E-state index is 11.4. The number of hydrogen-bond acceptors (Lipinski definition) is 5. The van der Waals surface area contributed by atoms with Crippen LogP contribution in [0.25, 0.3) is 0 Å². The molecule has 0 aromatic rings. The zero-order valence-corrected chi connectivity index (χ0v) is 10.8. The minimum atomic E-state index is -1.27. The maximum absolute atomic E-state index is 11.4. The van der Waals surface area contributed by atoms with Crippen LogP contribution in [0.15, 0.2) is 0 Å². The van der Waals surface area contributed by atoms with Gasteiger partial charge in [0, 0.05) is 13.0 Å². The Bertz CT molecular complexity index is 373. The second kappa shape index (κ2) is 9.55. The molecular weight excluding hydrogens is 272 g/mol. The maximum Gasteiger partial charge on any atom is 0.326 e. The van der Waals surface area contributed by atoms with E-state index < -0.39 is 29.9 Å². The van der Waals surface area contributed by atoms with Crippen molar-refractivity contribution in [3.05, 3.63) is 0 Å². The lowest BCUT2D eigenvalue weighted by molar-refractivity contribution is -0.139. The largest absolute Gasteiger partial charge is 0.480 e. The number of primary amides is 2. The molecule has 0 bridgehead atoms. The number of hydrogen-bond donors (Lipinski definition) is 5. The third-order valence-electron chi connectivity index (χ3n) is 2.06. The topological polar surface area (TPSA) is 174 Å². The Morgan fingerprint density at radius 2 is 1.80 bits per heavy atom. The molecule has 0 rings (SSSR count). The summed E-state index contributed by atoms with van der Waals surface area (Å²) in [6, 6.07) is -1.95. The predicted molar refractivity (Wildman–Crippen MR) is 66.4 cm³/mol. The molecule has 0 saturated carbocycles. The summed E-state index contributed by atoms with van der Waals surface area (Å²) in [7, 11) is 0. The van der Waals surface area contributed by atoms with E-state index >= 15 is 0 Å². The van der Waals surface area contributed by atoms with Crippen molar-refractivity contribution >= 4 is 23.8 Å². The number of carboxylic acid groups (broad SMARTS) is 1. The highest BCUT2D eigenvalue weighted by Crippen LogP contribution is 1.97. The number of carbonyl (C=O) groups excluding carboxylic acids is 3. The number of urea groups is 1. The van der Waals surface area contributed by atoms with E-state index in [4.69, 9.17) is 21.3 Å². The average molecular weight is 290 g/mol. The Morgan fingerprint density at radius 3 is 2.30 bits per heavy atom. The molecule has 0 unspecified atom stereocenters. The highest BCUT2D eigenvalue weighted by molar-refractivity contribution is 5.83. The van der Waals surface area contributed by atoms with Crippen LogP contribution in [0.4, 0.5) is 4.79 Å². The van der Waals surface area contributed by atoms with Gasteiger partial charge in [-0.05, 0) is 6.42 Å². The minimum absolute atomic E-state index is 0.0510. The Morgan fingerprint density at radius 1 is 1.15 bits per heavy atom. The van der Waals surface area contributed by atoms with Crippen LogP contribution in [0.2, 0.25) is 0 Å². The summed E-state index contributed by atoms with van der Waals surface area (Å²) >= 11 is 0. The molecule has 0 aliphatic carbocycles. The first kappa shape index (κ1) is 17.6. The number of rotatable bonds is 10. The van der Waals surface area contributed by atoms with Gasteiger partial charge in [-0.3, -0.25) is 9.59 Å². The van der Waals surface area contributed by atoms with E-state index in [1.807, 2.05) is 0 Å². The van der Waals surface area contributed by atoms with Crippen LogP contribution in [-0.4, -0.2) is 54.7 Å². The van der Waals surface area contributed by atoms with Crippen LogP contribution in [0.3, 0.4) is 0 Å². The molecule has 1 atom stereocenters. The molecule has 0 aliphatic heterocycles. The Hall–Kier alpha value is -2.36. The second-order valence-electron chi connectivity index (χ2n) is 3.81. The first-order valence-electron chi connectivity index (χ1n) is 5.74. The second-order valence-corrected chi connectivity index (χ2v) is 3.81. The Labute approximate surface area is 114 Å². The van der Waals surface area contributed by atoms with E-state index in [1.54, 1.807) is 0 Å². The highest BCUT2D eigenvalue weighted by Gasteiger charge is 2.20. The number of nitrogens with one attached hydrogen (secondary N) is 2. The molecule has 114 valence electrons. The lowest BCUT2D eigenvalue weighted by atomic mass is 10.1. The third-order valence-corrected chi connectivity index (χ3v) is 2.06. The van der Waals surface area contributed by atoms with Crippen LogP contribution in [0.1, 0.15) is 12.8 Å². The molecule has 10 heteroatoms. The van der Waals surface area contributed by atoms with Crippen molar-refractivity contribution < 1.29 is 29.0 Å². The number of carboxylic acids is 1. The van der Waals surface area contributed by atoms with Gasteiger partial charge >= 0.3 is 12.0 Å². The fourth-order valence-corrected chi connectivity index (χ4v) is 1.16. The van der Waals surface area contributed by atoms with Gasteiger partial charge in [0.2, 0.25) is 11.8 Å². The van der Waals surface area contributed by atoms with E-state index in [2.05, 4.69) is 10.6 Å². The minimum Gasteiger partial charge on any atom is -0.480 e. The van der Waals surface area contributed by atoms with Crippen molar-refractivity contribution in [2.24, 2.45) is 11.5 Å². The van der Waals surface area contributed by atoms with E-state index in [0.717, 1.165) is 0 Å². The van der Waals surface area contributed by atoms with Crippen LogP contribution < -0.4 is 22.1 Å². The zero-order chi connectivity index (χ0) is 15.5. The molecule has 0 radical (unpaired) electrons. The van der Waals surface area contributed by atoms with Gasteiger partial charge in [0.05, 0.1) is 6.61 Å². The van der Waals surface area contributed by atoms with E-state index in [0.29, 0.717) is 0 Å². The molecule has 0 aliphatic rings. The van der Waals surface area contributed by atoms with Crippen molar-refractivity contribution in [1.82, 2.24) is 10.6 Å². The van der Waals surface area contributed by atoms with Crippen molar-refractivity contribution in [3.8, 4) is 0 Å². The van der Waals surface area contributed by atoms with Crippen LogP contribution in [-0.2, 0) is 19.1 Å². The van der Waals surface area contributed by atoms with E-state index in [9.17, 15) is 19.2 Å². The fraction of sp³-hybridized carbons (Fsp3) is 0.600. The Kier molecular flexibility index (Phi) is 8.43. The van der Waals surface area contributed by atoms with Crippen molar-refractivity contribution in [1.29, 1.82) is 0 Å². The van der Waals surface area contributed by atoms with Crippen LogP contribution >= 0.6 is 0 Å². The molecule has 0 saturated heterocycles. The molecule has 10 nitrogen and oxygen atoms in total. The normalized spacial score (nSPS) is 11.4. The van der Waals surface area contributed by atoms with Crippen LogP contribution in [0.5, 0.6) is 0 Å².